The number of hydrogen-bond donors (Lipinski definition) is 4. The lowest BCUT2D eigenvalue weighted by Crippen LogP contribution is -2.44. The van der Waals surface area contributed by atoms with Gasteiger partial charge in [-0.2, -0.15) is 0 Å². The van der Waals surface area contributed by atoms with Gasteiger partial charge in [-0.1, -0.05) is 172 Å². The Kier molecular flexibility index (Phi) is 22.2. The number of anilines is 2. The third-order valence-corrected chi connectivity index (χ3v) is 14.2. The van der Waals surface area contributed by atoms with E-state index in [9.17, 15) is 19.8 Å². The van der Waals surface area contributed by atoms with Crippen molar-refractivity contribution in [3.8, 4) is 11.5 Å². The molecule has 0 heterocycles. The largest absolute Gasteiger partial charge is 0.493 e. The molecule has 3 aromatic carbocycles. The maximum Gasteiger partial charge on any atom is 0.235 e. The van der Waals surface area contributed by atoms with E-state index in [4.69, 9.17) is 20.9 Å². The van der Waals surface area contributed by atoms with Crippen LogP contribution in [0.3, 0.4) is 0 Å². The highest BCUT2D eigenvalue weighted by Gasteiger charge is 2.43. The summed E-state index contributed by atoms with van der Waals surface area (Å²) in [6.07, 6.45) is 34.4. The molecule has 3 aromatic rings. The summed E-state index contributed by atoms with van der Waals surface area (Å²) in [5.41, 5.74) is 14.5. The Bertz CT molecular complexity index is 1890. The van der Waals surface area contributed by atoms with Crippen LogP contribution in [-0.2, 0) is 9.59 Å². The van der Waals surface area contributed by atoms with Gasteiger partial charge in [-0.25, -0.2) is 0 Å². The van der Waals surface area contributed by atoms with Crippen LogP contribution in [0.5, 0.6) is 11.5 Å². The number of carbonyl (C=O) groups is 2. The first-order valence-corrected chi connectivity index (χ1v) is 25.5. The van der Waals surface area contributed by atoms with Crippen LogP contribution in [0, 0.1) is 23.7 Å². The average Bonchev–Trinajstić information content (AvgIpc) is 3.31. The maximum atomic E-state index is 13.5. The fraction of sp³-hybridized carbons (Fsp3) is 0.579. The van der Waals surface area contributed by atoms with Crippen LogP contribution in [0.25, 0.3) is 12.2 Å². The van der Waals surface area contributed by atoms with E-state index >= 15 is 0 Å². The van der Waals surface area contributed by atoms with Gasteiger partial charge >= 0.3 is 0 Å². The predicted octanol–water partition coefficient (Wildman–Crippen LogP) is 13.4. The monoisotopic (exact) mass is 891 g/mol. The zero-order valence-electron chi connectivity index (χ0n) is 39.9. The van der Waals surface area contributed by atoms with Crippen LogP contribution >= 0.6 is 0 Å². The first-order valence-electron chi connectivity index (χ1n) is 25.5. The molecular weight excluding hydrogens is 809 g/mol. The molecule has 356 valence electrons. The Morgan fingerprint density at radius 2 is 1.03 bits per heavy atom. The lowest BCUT2D eigenvalue weighted by Gasteiger charge is -2.30. The second kappa shape index (κ2) is 27.9. The van der Waals surface area contributed by atoms with Gasteiger partial charge in [0.2, 0.25) is 11.6 Å². The Hall–Kier alpha value is -4.40. The summed E-state index contributed by atoms with van der Waals surface area (Å²) in [6.45, 7) is 5.94. The van der Waals surface area contributed by atoms with Crippen molar-refractivity contribution in [3.63, 3.8) is 0 Å². The molecule has 8 heteroatoms. The lowest BCUT2D eigenvalue weighted by molar-refractivity contribution is -0.187. The Balaban J connectivity index is 1.08. The van der Waals surface area contributed by atoms with Crippen LogP contribution in [0.15, 0.2) is 78.9 Å². The normalized spacial score (nSPS) is 19.7. The van der Waals surface area contributed by atoms with Crippen molar-refractivity contribution in [2.75, 3.05) is 24.7 Å². The highest BCUT2D eigenvalue weighted by Crippen LogP contribution is 2.37. The van der Waals surface area contributed by atoms with Gasteiger partial charge in [-0.05, 0) is 115 Å². The summed E-state index contributed by atoms with van der Waals surface area (Å²) in [5, 5.41) is 22.9. The number of nitrogen functional groups attached to an aromatic ring is 2. The van der Waals surface area contributed by atoms with Crippen molar-refractivity contribution in [2.24, 2.45) is 23.7 Å². The van der Waals surface area contributed by atoms with Crippen LogP contribution in [-0.4, -0.2) is 40.8 Å². The summed E-state index contributed by atoms with van der Waals surface area (Å²) in [5.74, 6) is -1.24. The van der Waals surface area contributed by atoms with E-state index in [1.54, 1.807) is 12.1 Å². The minimum absolute atomic E-state index is 0.157. The summed E-state index contributed by atoms with van der Waals surface area (Å²) in [6, 6.07) is 19.6. The molecule has 0 saturated heterocycles. The molecule has 1 atom stereocenters. The number of nitrogens with two attached hydrogens (primary N) is 2. The highest BCUT2D eigenvalue weighted by atomic mass is 16.5. The van der Waals surface area contributed by atoms with E-state index in [1.165, 1.54) is 166 Å². The zero-order valence-corrected chi connectivity index (χ0v) is 39.9. The molecule has 65 heavy (non-hydrogen) atoms. The van der Waals surface area contributed by atoms with Crippen molar-refractivity contribution < 1.29 is 29.3 Å². The van der Waals surface area contributed by atoms with Crippen LogP contribution in [0.1, 0.15) is 184 Å². The van der Waals surface area contributed by atoms with Crippen molar-refractivity contribution in [2.45, 2.75) is 173 Å². The molecular formula is C57H82N2O6. The maximum absolute atomic E-state index is 13.5. The van der Waals surface area contributed by atoms with Crippen molar-refractivity contribution in [1.29, 1.82) is 0 Å². The number of ketones is 2. The molecule has 2 aliphatic carbocycles. The van der Waals surface area contributed by atoms with Crippen LogP contribution < -0.4 is 20.9 Å². The molecule has 0 radical (unpaired) electrons. The van der Waals surface area contributed by atoms with E-state index in [0.717, 1.165) is 35.0 Å². The van der Waals surface area contributed by atoms with Crippen molar-refractivity contribution in [1.82, 2.24) is 0 Å². The number of ether oxygens (including phenoxy) is 2. The van der Waals surface area contributed by atoms with Gasteiger partial charge in [0.1, 0.15) is 11.5 Å². The number of allylic oxidation sites excluding steroid dienone is 1. The SMILES string of the molecule is CCCCCCCCC1CCC(COc2ccc(C=CC(=O)CC(c3ccc(N)cc3N)C(O)(O)C(=O)C=Cc3ccc(OCC4CCC(CCCCCCCC)CC4)cc3)cc2)CC1. The number of hydrogen-bond acceptors (Lipinski definition) is 8. The smallest absolute Gasteiger partial charge is 0.235 e. The Morgan fingerprint density at radius 1 is 0.600 bits per heavy atom. The van der Waals surface area contributed by atoms with Gasteiger partial charge in [-0.15, -0.1) is 0 Å². The van der Waals surface area contributed by atoms with Gasteiger partial charge in [0.15, 0.2) is 5.78 Å². The molecule has 0 amide bonds. The third kappa shape index (κ3) is 18.1. The summed E-state index contributed by atoms with van der Waals surface area (Å²) in [7, 11) is 0. The third-order valence-electron chi connectivity index (χ3n) is 14.2. The fourth-order valence-corrected chi connectivity index (χ4v) is 9.88. The lowest BCUT2D eigenvalue weighted by atomic mass is 9.80. The summed E-state index contributed by atoms with van der Waals surface area (Å²) < 4.78 is 12.3. The second-order valence-electron chi connectivity index (χ2n) is 19.5. The highest BCUT2D eigenvalue weighted by molar-refractivity contribution is 6.01. The minimum atomic E-state index is -2.94. The van der Waals surface area contributed by atoms with Gasteiger partial charge in [0.25, 0.3) is 0 Å². The average molecular weight is 891 g/mol. The van der Waals surface area contributed by atoms with E-state index < -0.39 is 23.3 Å². The van der Waals surface area contributed by atoms with E-state index in [0.29, 0.717) is 36.3 Å². The minimum Gasteiger partial charge on any atom is -0.493 e. The molecule has 0 spiro atoms. The molecule has 2 saturated carbocycles. The second-order valence-corrected chi connectivity index (χ2v) is 19.5. The number of unbranched alkanes of at least 4 members (excludes halogenated alkanes) is 10. The van der Waals surface area contributed by atoms with Gasteiger partial charge in [0, 0.05) is 17.8 Å². The number of benzene rings is 3. The Labute approximate surface area is 391 Å². The number of aliphatic hydroxyl groups is 2. The molecule has 2 aliphatic rings. The first-order chi connectivity index (χ1) is 31.5. The van der Waals surface area contributed by atoms with E-state index in [1.807, 2.05) is 48.5 Å². The molecule has 1 unspecified atom stereocenters. The standard InChI is InChI=1S/C57H82N2O6/c1-3-5-7-9-11-13-15-43-17-21-47(22-18-43)41-64-51-33-26-45(27-34-51)25-32-50(60)40-54(53-37-31-49(58)39-55(53)59)57(62,63)56(61)38-30-46-28-35-52(36-29-46)65-42-48-23-19-44(20-24-48)16-14-12-10-8-6-4-2/h25-39,43-44,47-48,54,62-63H,3-24,40-42,58-59H2,1-2H3. The van der Waals surface area contributed by atoms with Crippen LogP contribution in [0.2, 0.25) is 0 Å². The Morgan fingerprint density at radius 3 is 1.49 bits per heavy atom. The molecule has 0 aliphatic heterocycles. The molecule has 5 rings (SSSR count). The fourth-order valence-electron chi connectivity index (χ4n) is 9.88. The predicted molar refractivity (Wildman–Crippen MR) is 269 cm³/mol. The summed E-state index contributed by atoms with van der Waals surface area (Å²) in [4.78, 5) is 27.0. The molecule has 0 aromatic heterocycles. The quantitative estimate of drug-likeness (QED) is 0.0233. The number of carbonyl (C=O) groups excluding carboxylic acids is 2. The number of rotatable bonds is 29. The molecule has 2 fully saturated rings. The van der Waals surface area contributed by atoms with Crippen molar-refractivity contribution in [3.05, 3.63) is 95.6 Å². The van der Waals surface area contributed by atoms with Gasteiger partial charge < -0.3 is 31.2 Å². The van der Waals surface area contributed by atoms with Gasteiger partial charge in [0.05, 0.1) is 19.1 Å². The molecule has 6 N–H and O–H groups in total. The summed E-state index contributed by atoms with van der Waals surface area (Å²) >= 11 is 0. The van der Waals surface area contributed by atoms with Crippen molar-refractivity contribution >= 4 is 35.1 Å². The van der Waals surface area contributed by atoms with Gasteiger partial charge in [-0.3, -0.25) is 9.59 Å². The van der Waals surface area contributed by atoms with E-state index in [-0.39, 0.29) is 17.7 Å². The topological polar surface area (TPSA) is 145 Å². The molecule has 0 bridgehead atoms. The zero-order chi connectivity index (χ0) is 46.3. The molecule has 8 nitrogen and oxygen atoms in total. The van der Waals surface area contributed by atoms with Crippen LogP contribution in [0.4, 0.5) is 11.4 Å². The first kappa shape index (κ1) is 51.6. The van der Waals surface area contributed by atoms with E-state index in [2.05, 4.69) is 13.8 Å².